The van der Waals surface area contributed by atoms with Gasteiger partial charge in [-0.25, -0.2) is 13.6 Å². The minimum Gasteiger partial charge on any atom is -0.493 e. The van der Waals surface area contributed by atoms with Crippen LogP contribution in [0.4, 0.5) is 0 Å². The molecular weight excluding hydrogens is 414 g/mol. The molecule has 0 saturated carbocycles. The van der Waals surface area contributed by atoms with Crippen LogP contribution in [0, 0.1) is 13.8 Å². The fourth-order valence-corrected chi connectivity index (χ4v) is 3.48. The van der Waals surface area contributed by atoms with Crippen LogP contribution in [-0.4, -0.2) is 31.0 Å². The lowest BCUT2D eigenvalue weighted by atomic mass is 10.1. The maximum absolute atomic E-state index is 11.2. The van der Waals surface area contributed by atoms with E-state index in [2.05, 4.69) is 10.2 Å². The molecule has 3 aromatic rings. The van der Waals surface area contributed by atoms with Crippen molar-refractivity contribution in [2.24, 2.45) is 5.14 Å². The van der Waals surface area contributed by atoms with Crippen molar-refractivity contribution in [3.8, 4) is 11.5 Å². The molecule has 154 valence electrons. The molecule has 0 radical (unpaired) electrons. The van der Waals surface area contributed by atoms with Crippen LogP contribution in [0.15, 0.2) is 57.0 Å². The van der Waals surface area contributed by atoms with Crippen LogP contribution in [-0.2, 0) is 16.6 Å². The van der Waals surface area contributed by atoms with Crippen molar-refractivity contribution in [3.05, 3.63) is 59.5 Å². The molecule has 1 heterocycles. The van der Waals surface area contributed by atoms with E-state index in [1.54, 1.807) is 12.1 Å². The van der Waals surface area contributed by atoms with Crippen LogP contribution >= 0.6 is 11.8 Å². The number of benzene rings is 2. The van der Waals surface area contributed by atoms with Crippen molar-refractivity contribution in [2.75, 3.05) is 12.4 Å². The Kier molecular flexibility index (Phi) is 6.78. The summed E-state index contributed by atoms with van der Waals surface area (Å²) in [5.74, 6) is 2.31. The highest BCUT2D eigenvalue weighted by molar-refractivity contribution is 7.99. The predicted octanol–water partition coefficient (Wildman–Crippen LogP) is 3.08. The van der Waals surface area contributed by atoms with Gasteiger partial charge in [-0.3, -0.25) is 0 Å². The van der Waals surface area contributed by atoms with Gasteiger partial charge in [-0.1, -0.05) is 23.9 Å². The molecule has 2 aromatic carbocycles. The van der Waals surface area contributed by atoms with Gasteiger partial charge < -0.3 is 13.9 Å². The van der Waals surface area contributed by atoms with Gasteiger partial charge >= 0.3 is 0 Å². The number of aromatic nitrogens is 2. The lowest BCUT2D eigenvalue weighted by Gasteiger charge is -2.07. The lowest BCUT2D eigenvalue weighted by Crippen LogP contribution is -2.11. The number of nitrogens with two attached hydrogens (primary N) is 1. The SMILES string of the molecule is Cc1ccc(C)c(OCc2nnc(SCCOc3ccc(S(N)(=O)=O)cc3)o2)c1. The standard InChI is InChI=1S/C19H21N3O5S2/c1-13-3-4-14(2)17(11-13)26-12-18-21-22-19(27-18)28-10-9-25-15-5-7-16(8-6-15)29(20,23)24/h3-8,11H,9-10,12H2,1-2H3,(H2,20,23,24). The minimum atomic E-state index is -3.70. The van der Waals surface area contributed by atoms with E-state index >= 15 is 0 Å². The predicted molar refractivity (Wildman–Crippen MR) is 109 cm³/mol. The first-order valence-corrected chi connectivity index (χ1v) is 11.3. The molecule has 0 saturated heterocycles. The van der Waals surface area contributed by atoms with Crippen molar-refractivity contribution in [1.82, 2.24) is 10.2 Å². The first kappa shape index (κ1) is 21.2. The molecular formula is C19H21N3O5S2. The second kappa shape index (κ2) is 9.29. The van der Waals surface area contributed by atoms with E-state index in [0.717, 1.165) is 16.9 Å². The highest BCUT2D eigenvalue weighted by Crippen LogP contribution is 2.22. The molecule has 0 bridgehead atoms. The van der Waals surface area contributed by atoms with Gasteiger partial charge in [0.05, 0.1) is 11.5 Å². The molecule has 10 heteroatoms. The molecule has 2 N–H and O–H groups in total. The van der Waals surface area contributed by atoms with Crippen molar-refractivity contribution in [2.45, 2.75) is 30.6 Å². The van der Waals surface area contributed by atoms with Crippen LogP contribution in [0.3, 0.4) is 0 Å². The Morgan fingerprint density at radius 1 is 1.07 bits per heavy atom. The number of aryl methyl sites for hydroxylation is 2. The summed E-state index contributed by atoms with van der Waals surface area (Å²) < 4.78 is 39.3. The molecule has 0 aliphatic heterocycles. The molecule has 0 aliphatic rings. The third-order valence-corrected chi connectivity index (χ3v) is 5.58. The monoisotopic (exact) mass is 435 g/mol. The molecule has 8 nitrogen and oxygen atoms in total. The van der Waals surface area contributed by atoms with Crippen molar-refractivity contribution in [3.63, 3.8) is 0 Å². The highest BCUT2D eigenvalue weighted by Gasteiger charge is 2.10. The maximum atomic E-state index is 11.2. The Bertz CT molecular complexity index is 1070. The summed E-state index contributed by atoms with van der Waals surface area (Å²) in [7, 11) is -3.70. The normalized spacial score (nSPS) is 11.4. The molecule has 0 atom stereocenters. The molecule has 0 spiro atoms. The number of sulfonamides is 1. The first-order chi connectivity index (χ1) is 13.8. The van der Waals surface area contributed by atoms with Crippen LogP contribution in [0.25, 0.3) is 0 Å². The Morgan fingerprint density at radius 2 is 1.83 bits per heavy atom. The van der Waals surface area contributed by atoms with Crippen LogP contribution in [0.5, 0.6) is 11.5 Å². The van der Waals surface area contributed by atoms with Crippen molar-refractivity contribution >= 4 is 21.8 Å². The van der Waals surface area contributed by atoms with Gasteiger partial charge in [-0.2, -0.15) is 0 Å². The van der Waals surface area contributed by atoms with Crippen LogP contribution in [0.1, 0.15) is 17.0 Å². The zero-order valence-electron chi connectivity index (χ0n) is 16.0. The number of rotatable bonds is 9. The number of hydrogen-bond acceptors (Lipinski definition) is 8. The molecule has 1 aromatic heterocycles. The zero-order chi connectivity index (χ0) is 20.9. The van der Waals surface area contributed by atoms with E-state index in [9.17, 15) is 8.42 Å². The second-order valence-corrected chi connectivity index (χ2v) is 8.84. The summed E-state index contributed by atoms with van der Waals surface area (Å²) in [6, 6.07) is 11.9. The molecule has 0 unspecified atom stereocenters. The van der Waals surface area contributed by atoms with Crippen molar-refractivity contribution < 1.29 is 22.3 Å². The average Bonchev–Trinajstić information content (AvgIpc) is 3.13. The summed E-state index contributed by atoms with van der Waals surface area (Å²) in [6.07, 6.45) is 0. The fourth-order valence-electron chi connectivity index (χ4n) is 2.37. The maximum Gasteiger partial charge on any atom is 0.276 e. The molecule has 0 aliphatic carbocycles. The van der Waals surface area contributed by atoms with E-state index in [1.807, 2.05) is 32.0 Å². The Balaban J connectivity index is 1.43. The Hall–Kier alpha value is -2.56. The zero-order valence-corrected chi connectivity index (χ0v) is 17.6. The van der Waals surface area contributed by atoms with Crippen molar-refractivity contribution in [1.29, 1.82) is 0 Å². The summed E-state index contributed by atoms with van der Waals surface area (Å²) in [5.41, 5.74) is 2.16. The van der Waals surface area contributed by atoms with Crippen LogP contribution < -0.4 is 14.6 Å². The number of primary sulfonamides is 1. The van der Waals surface area contributed by atoms with Gasteiger partial charge in [0.1, 0.15) is 11.5 Å². The van der Waals surface area contributed by atoms with E-state index in [1.165, 1.54) is 23.9 Å². The van der Waals surface area contributed by atoms with Gasteiger partial charge in [0, 0.05) is 5.75 Å². The van der Waals surface area contributed by atoms with Gasteiger partial charge in [-0.15, -0.1) is 10.2 Å². The number of ether oxygens (including phenoxy) is 2. The summed E-state index contributed by atoms with van der Waals surface area (Å²) in [4.78, 5) is 0.0423. The number of nitrogens with zero attached hydrogens (tertiary/aromatic N) is 2. The molecule has 29 heavy (non-hydrogen) atoms. The number of hydrogen-bond donors (Lipinski definition) is 1. The lowest BCUT2D eigenvalue weighted by molar-refractivity contribution is 0.250. The summed E-state index contributed by atoms with van der Waals surface area (Å²) in [6.45, 7) is 4.57. The third-order valence-electron chi connectivity index (χ3n) is 3.87. The Labute approximate surface area is 173 Å². The van der Waals surface area contributed by atoms with Gasteiger partial charge in [-0.05, 0) is 55.3 Å². The third kappa shape index (κ3) is 6.21. The second-order valence-electron chi connectivity index (χ2n) is 6.23. The largest absolute Gasteiger partial charge is 0.493 e. The Morgan fingerprint density at radius 3 is 2.55 bits per heavy atom. The summed E-state index contributed by atoms with van der Waals surface area (Å²) in [5, 5.41) is 13.5. The number of thioether (sulfide) groups is 1. The van der Waals surface area contributed by atoms with Crippen LogP contribution in [0.2, 0.25) is 0 Å². The smallest absolute Gasteiger partial charge is 0.276 e. The highest BCUT2D eigenvalue weighted by atomic mass is 32.2. The molecule has 3 rings (SSSR count). The van der Waals surface area contributed by atoms with E-state index in [0.29, 0.717) is 29.2 Å². The first-order valence-electron chi connectivity index (χ1n) is 8.72. The molecule has 0 amide bonds. The van der Waals surface area contributed by atoms with E-state index in [4.69, 9.17) is 19.0 Å². The quantitative estimate of drug-likeness (QED) is 0.402. The van der Waals surface area contributed by atoms with Gasteiger partial charge in [0.2, 0.25) is 10.0 Å². The molecule has 0 fully saturated rings. The summed E-state index contributed by atoms with van der Waals surface area (Å²) >= 11 is 1.36. The van der Waals surface area contributed by atoms with E-state index < -0.39 is 10.0 Å². The topological polar surface area (TPSA) is 118 Å². The minimum absolute atomic E-state index is 0.0423. The average molecular weight is 436 g/mol. The van der Waals surface area contributed by atoms with E-state index in [-0.39, 0.29) is 11.5 Å². The van der Waals surface area contributed by atoms with Gasteiger partial charge in [0.15, 0.2) is 6.61 Å². The fraction of sp³-hybridized carbons (Fsp3) is 0.263. The van der Waals surface area contributed by atoms with Gasteiger partial charge in [0.25, 0.3) is 11.1 Å².